The zero-order chi connectivity index (χ0) is 16.2. The van der Waals surface area contributed by atoms with Crippen LogP contribution in [0.4, 0.5) is 0 Å². The predicted octanol–water partition coefficient (Wildman–Crippen LogP) is 5.61. The molecule has 23 heavy (non-hydrogen) atoms. The van der Waals surface area contributed by atoms with Gasteiger partial charge >= 0.3 is 0 Å². The van der Waals surface area contributed by atoms with Crippen molar-refractivity contribution in [2.24, 2.45) is 0 Å². The van der Waals surface area contributed by atoms with E-state index in [4.69, 9.17) is 0 Å². The fraction of sp³-hybridized carbons (Fsp3) is 0.0500. The van der Waals surface area contributed by atoms with Crippen LogP contribution >= 0.6 is 15.9 Å². The van der Waals surface area contributed by atoms with Gasteiger partial charge in [0.1, 0.15) is 0 Å². The fourth-order valence-electron chi connectivity index (χ4n) is 2.56. The van der Waals surface area contributed by atoms with Crippen molar-refractivity contribution in [2.45, 2.75) is 6.92 Å². The van der Waals surface area contributed by atoms with E-state index in [0.29, 0.717) is 5.57 Å². The summed E-state index contributed by atoms with van der Waals surface area (Å²) < 4.78 is 3.15. The summed E-state index contributed by atoms with van der Waals surface area (Å²) in [6.45, 7) is 2.07. The van der Waals surface area contributed by atoms with E-state index in [0.717, 1.165) is 27.1 Å². The van der Waals surface area contributed by atoms with Gasteiger partial charge in [-0.05, 0) is 55.0 Å². The van der Waals surface area contributed by atoms with E-state index in [1.807, 2.05) is 54.6 Å². The van der Waals surface area contributed by atoms with Crippen LogP contribution in [0.25, 0.3) is 17.3 Å². The molecule has 0 aliphatic rings. The van der Waals surface area contributed by atoms with Crippen LogP contribution in [0.5, 0.6) is 0 Å². The minimum atomic E-state index is 0.646. The first-order valence-electron chi connectivity index (χ1n) is 7.30. The van der Waals surface area contributed by atoms with Gasteiger partial charge in [0.2, 0.25) is 0 Å². The largest absolute Gasteiger partial charge is 0.314 e. The number of benzene rings is 2. The van der Waals surface area contributed by atoms with Gasteiger partial charge in [-0.1, -0.05) is 46.3 Å². The van der Waals surface area contributed by atoms with Gasteiger partial charge < -0.3 is 4.57 Å². The maximum absolute atomic E-state index is 9.54. The molecule has 112 valence electrons. The van der Waals surface area contributed by atoms with Gasteiger partial charge in [0, 0.05) is 21.5 Å². The summed E-state index contributed by atoms with van der Waals surface area (Å²) in [5.74, 6) is 0. The van der Waals surface area contributed by atoms with Crippen LogP contribution < -0.4 is 0 Å². The Morgan fingerprint density at radius 2 is 1.70 bits per heavy atom. The molecule has 3 aromatic rings. The summed E-state index contributed by atoms with van der Waals surface area (Å²) in [5.41, 5.74) is 4.78. The lowest BCUT2D eigenvalue weighted by Gasteiger charge is -2.10. The van der Waals surface area contributed by atoms with Gasteiger partial charge in [0.15, 0.2) is 0 Å². The van der Waals surface area contributed by atoms with Crippen molar-refractivity contribution < 1.29 is 0 Å². The third-order valence-electron chi connectivity index (χ3n) is 3.69. The molecule has 2 aromatic carbocycles. The van der Waals surface area contributed by atoms with Crippen LogP contribution in [-0.2, 0) is 0 Å². The quantitative estimate of drug-likeness (QED) is 0.556. The van der Waals surface area contributed by atoms with Gasteiger partial charge in [0.05, 0.1) is 11.6 Å². The second kappa shape index (κ2) is 6.68. The van der Waals surface area contributed by atoms with Gasteiger partial charge in [-0.3, -0.25) is 0 Å². The highest BCUT2D eigenvalue weighted by molar-refractivity contribution is 9.10. The zero-order valence-electron chi connectivity index (χ0n) is 12.7. The van der Waals surface area contributed by atoms with Crippen molar-refractivity contribution in [3.63, 3.8) is 0 Å². The number of aromatic nitrogens is 1. The van der Waals surface area contributed by atoms with Crippen molar-refractivity contribution in [1.29, 1.82) is 5.26 Å². The number of nitriles is 1. The van der Waals surface area contributed by atoms with Crippen LogP contribution in [0, 0.1) is 18.3 Å². The van der Waals surface area contributed by atoms with E-state index in [-0.39, 0.29) is 0 Å². The van der Waals surface area contributed by atoms with E-state index in [1.165, 1.54) is 0 Å². The number of aryl methyl sites for hydroxylation is 1. The van der Waals surface area contributed by atoms with Crippen molar-refractivity contribution in [2.75, 3.05) is 0 Å². The molecule has 0 saturated heterocycles. The van der Waals surface area contributed by atoms with Crippen molar-refractivity contribution in [1.82, 2.24) is 4.57 Å². The highest BCUT2D eigenvalue weighted by Crippen LogP contribution is 2.23. The molecule has 1 heterocycles. The summed E-state index contributed by atoms with van der Waals surface area (Å²) in [6.07, 6.45) is 1.93. The smallest absolute Gasteiger partial charge is 0.0998 e. The number of allylic oxidation sites excluding steroid dienone is 1. The van der Waals surface area contributed by atoms with E-state index in [2.05, 4.69) is 51.7 Å². The summed E-state index contributed by atoms with van der Waals surface area (Å²) in [7, 11) is 0. The molecule has 0 unspecified atom stereocenters. The number of rotatable bonds is 3. The fourth-order valence-corrected chi connectivity index (χ4v) is 2.82. The van der Waals surface area contributed by atoms with Crippen molar-refractivity contribution in [3.05, 3.63) is 88.2 Å². The van der Waals surface area contributed by atoms with Gasteiger partial charge in [-0.2, -0.15) is 5.26 Å². The predicted molar refractivity (Wildman–Crippen MR) is 98.1 cm³/mol. The van der Waals surface area contributed by atoms with Crippen LogP contribution in [0.15, 0.2) is 71.2 Å². The van der Waals surface area contributed by atoms with E-state index in [9.17, 15) is 5.26 Å². The lowest BCUT2D eigenvalue weighted by atomic mass is 10.1. The molecule has 0 amide bonds. The van der Waals surface area contributed by atoms with Crippen LogP contribution in [0.2, 0.25) is 0 Å². The molecule has 0 atom stereocenters. The molecular weight excluding hydrogens is 348 g/mol. The summed E-state index contributed by atoms with van der Waals surface area (Å²) >= 11 is 3.42. The highest BCUT2D eigenvalue weighted by atomic mass is 79.9. The molecule has 1 aromatic heterocycles. The molecule has 2 nitrogen and oxygen atoms in total. The summed E-state index contributed by atoms with van der Waals surface area (Å²) in [5, 5.41) is 9.54. The van der Waals surface area contributed by atoms with Crippen molar-refractivity contribution >= 4 is 27.6 Å². The highest BCUT2D eigenvalue weighted by Gasteiger charge is 2.08. The number of hydrogen-bond acceptors (Lipinski definition) is 1. The maximum Gasteiger partial charge on any atom is 0.0998 e. The summed E-state index contributed by atoms with van der Waals surface area (Å²) in [4.78, 5) is 0. The first-order valence-corrected chi connectivity index (χ1v) is 8.10. The standard InChI is InChI=1S/C20H15BrN2/c1-15-7-12-20(23(15)19-5-3-2-4-6-19)13-17(14-22)16-8-10-18(21)11-9-16/h2-13H,1H3/b17-13-. The van der Waals surface area contributed by atoms with Crippen LogP contribution in [0.1, 0.15) is 17.0 Å². The van der Waals surface area contributed by atoms with E-state index in [1.54, 1.807) is 0 Å². The molecule has 0 bridgehead atoms. The molecule has 0 saturated carbocycles. The van der Waals surface area contributed by atoms with E-state index >= 15 is 0 Å². The lowest BCUT2D eigenvalue weighted by Crippen LogP contribution is -1.98. The Labute approximate surface area is 144 Å². The summed E-state index contributed by atoms with van der Waals surface area (Å²) in [6, 6.07) is 24.4. The van der Waals surface area contributed by atoms with Gasteiger partial charge in [-0.15, -0.1) is 0 Å². The second-order valence-corrected chi connectivity index (χ2v) is 6.16. The number of hydrogen-bond donors (Lipinski definition) is 0. The van der Waals surface area contributed by atoms with Gasteiger partial charge in [0.25, 0.3) is 0 Å². The van der Waals surface area contributed by atoms with Crippen LogP contribution in [0.3, 0.4) is 0 Å². The molecule has 0 N–H and O–H groups in total. The Hall–Kier alpha value is -2.57. The SMILES string of the molecule is Cc1ccc(/C=C(/C#N)c2ccc(Br)cc2)n1-c1ccccc1. The first kappa shape index (κ1) is 15.3. The molecule has 0 aliphatic carbocycles. The monoisotopic (exact) mass is 362 g/mol. The van der Waals surface area contributed by atoms with Crippen molar-refractivity contribution in [3.8, 4) is 11.8 Å². The van der Waals surface area contributed by atoms with E-state index < -0.39 is 0 Å². The Bertz CT molecular complexity index is 882. The third-order valence-corrected chi connectivity index (χ3v) is 4.22. The average molecular weight is 363 g/mol. The molecule has 0 fully saturated rings. The normalized spacial score (nSPS) is 11.3. The molecule has 3 heteroatoms. The Kier molecular flexibility index (Phi) is 4.45. The maximum atomic E-state index is 9.54. The van der Waals surface area contributed by atoms with Crippen LogP contribution in [-0.4, -0.2) is 4.57 Å². The third kappa shape index (κ3) is 3.28. The molecule has 0 radical (unpaired) electrons. The minimum Gasteiger partial charge on any atom is -0.314 e. The number of halogens is 1. The molecule has 0 aliphatic heterocycles. The topological polar surface area (TPSA) is 28.7 Å². The number of para-hydroxylation sites is 1. The molecular formula is C20H15BrN2. The Morgan fingerprint density at radius 3 is 2.35 bits per heavy atom. The molecule has 3 rings (SSSR count). The Morgan fingerprint density at radius 1 is 1.00 bits per heavy atom. The number of nitrogens with zero attached hydrogens (tertiary/aromatic N) is 2. The molecule has 0 spiro atoms. The second-order valence-electron chi connectivity index (χ2n) is 5.25. The lowest BCUT2D eigenvalue weighted by molar-refractivity contribution is 1.00. The average Bonchev–Trinajstić information content (AvgIpc) is 2.95. The Balaban J connectivity index is 2.09. The first-order chi connectivity index (χ1) is 11.2. The minimum absolute atomic E-state index is 0.646. The zero-order valence-corrected chi connectivity index (χ0v) is 14.3. The van der Waals surface area contributed by atoms with Gasteiger partial charge in [-0.25, -0.2) is 0 Å².